The molecule has 0 aliphatic heterocycles. The van der Waals surface area contributed by atoms with Gasteiger partial charge in [-0.05, 0) is 31.5 Å². The highest BCUT2D eigenvalue weighted by Gasteiger charge is 2.06. The van der Waals surface area contributed by atoms with Crippen LogP contribution in [0, 0.1) is 6.92 Å². The third-order valence-electron chi connectivity index (χ3n) is 2.65. The molecule has 4 nitrogen and oxygen atoms in total. The summed E-state index contributed by atoms with van der Waals surface area (Å²) in [5.41, 5.74) is 2.01. The minimum Gasteiger partial charge on any atom is -0.508 e. The first-order valence-corrected chi connectivity index (χ1v) is 5.59. The van der Waals surface area contributed by atoms with E-state index >= 15 is 0 Å². The number of phenolic OH excluding ortho intramolecular Hbond substituents is 1. The number of aromatic hydroxyl groups is 1. The third-order valence-corrected chi connectivity index (χ3v) is 2.65. The lowest BCUT2D eigenvalue weighted by molar-refractivity contribution is 0.363. The van der Waals surface area contributed by atoms with E-state index in [2.05, 4.69) is 17.4 Å². The lowest BCUT2D eigenvalue weighted by Gasteiger charge is -2.12. The molecule has 0 amide bonds. The molecule has 17 heavy (non-hydrogen) atoms. The Bertz CT molecular complexity index is 476. The zero-order valence-corrected chi connectivity index (χ0v) is 9.97. The zero-order chi connectivity index (χ0) is 12.3. The highest BCUT2D eigenvalue weighted by Crippen LogP contribution is 2.16. The van der Waals surface area contributed by atoms with Crippen LogP contribution in [0.2, 0.25) is 0 Å². The van der Waals surface area contributed by atoms with Crippen LogP contribution in [-0.4, -0.2) is 10.3 Å². The number of aryl methyl sites for hydroxylation is 1. The largest absolute Gasteiger partial charge is 0.508 e. The van der Waals surface area contributed by atoms with E-state index in [1.54, 1.807) is 12.1 Å². The molecule has 0 saturated heterocycles. The fourth-order valence-electron chi connectivity index (χ4n) is 1.63. The molecule has 4 heteroatoms. The van der Waals surface area contributed by atoms with Crippen molar-refractivity contribution in [2.45, 2.75) is 26.4 Å². The molecule has 0 aliphatic carbocycles. The summed E-state index contributed by atoms with van der Waals surface area (Å²) in [7, 11) is 0. The van der Waals surface area contributed by atoms with E-state index in [1.807, 2.05) is 25.1 Å². The SMILES string of the molecule is Cc1cc(CNC(C)c2ccc(O)cc2)on1. The number of rotatable bonds is 4. The van der Waals surface area contributed by atoms with Crippen molar-refractivity contribution in [1.82, 2.24) is 10.5 Å². The molecule has 0 spiro atoms. The van der Waals surface area contributed by atoms with Crippen molar-refractivity contribution >= 4 is 0 Å². The van der Waals surface area contributed by atoms with Gasteiger partial charge >= 0.3 is 0 Å². The average Bonchev–Trinajstić information content (AvgIpc) is 2.73. The van der Waals surface area contributed by atoms with Crippen molar-refractivity contribution in [2.24, 2.45) is 0 Å². The van der Waals surface area contributed by atoms with Crippen LogP contribution in [0.15, 0.2) is 34.9 Å². The van der Waals surface area contributed by atoms with E-state index in [9.17, 15) is 5.11 Å². The predicted octanol–water partition coefficient (Wildman–Crippen LogP) is 2.54. The fraction of sp³-hybridized carbons (Fsp3) is 0.308. The maximum absolute atomic E-state index is 9.21. The van der Waals surface area contributed by atoms with Gasteiger partial charge in [0.2, 0.25) is 0 Å². The molecule has 0 bridgehead atoms. The van der Waals surface area contributed by atoms with Gasteiger partial charge in [0.25, 0.3) is 0 Å². The molecule has 1 aromatic heterocycles. The van der Waals surface area contributed by atoms with E-state index in [0.717, 1.165) is 17.0 Å². The summed E-state index contributed by atoms with van der Waals surface area (Å²) in [6.07, 6.45) is 0. The van der Waals surface area contributed by atoms with Gasteiger partial charge in [0, 0.05) is 12.1 Å². The first-order chi connectivity index (χ1) is 8.15. The van der Waals surface area contributed by atoms with Crippen LogP contribution in [0.4, 0.5) is 0 Å². The number of hydrogen-bond acceptors (Lipinski definition) is 4. The van der Waals surface area contributed by atoms with Crippen LogP contribution >= 0.6 is 0 Å². The molecule has 2 N–H and O–H groups in total. The summed E-state index contributed by atoms with van der Waals surface area (Å²) in [4.78, 5) is 0. The molecular weight excluding hydrogens is 216 g/mol. The average molecular weight is 232 g/mol. The minimum atomic E-state index is 0.195. The smallest absolute Gasteiger partial charge is 0.150 e. The predicted molar refractivity (Wildman–Crippen MR) is 64.6 cm³/mol. The fourth-order valence-corrected chi connectivity index (χ4v) is 1.63. The molecule has 0 aliphatic rings. The van der Waals surface area contributed by atoms with Crippen molar-refractivity contribution < 1.29 is 9.63 Å². The Labute approximate surface area is 100 Å². The molecular formula is C13H16N2O2. The third kappa shape index (κ3) is 3.07. The monoisotopic (exact) mass is 232 g/mol. The molecule has 1 unspecified atom stereocenters. The van der Waals surface area contributed by atoms with E-state index in [0.29, 0.717) is 6.54 Å². The van der Waals surface area contributed by atoms with Gasteiger partial charge in [-0.2, -0.15) is 0 Å². The van der Waals surface area contributed by atoms with Crippen LogP contribution in [0.5, 0.6) is 5.75 Å². The van der Waals surface area contributed by atoms with E-state index in [1.165, 1.54) is 0 Å². The number of hydrogen-bond donors (Lipinski definition) is 2. The van der Waals surface area contributed by atoms with E-state index in [4.69, 9.17) is 4.52 Å². The van der Waals surface area contributed by atoms with Crippen molar-refractivity contribution in [3.8, 4) is 5.75 Å². The second kappa shape index (κ2) is 5.01. The standard InChI is InChI=1S/C13H16N2O2/c1-9-7-13(17-15-9)8-14-10(2)11-3-5-12(16)6-4-11/h3-7,10,14,16H,8H2,1-2H3. The molecule has 0 saturated carbocycles. The highest BCUT2D eigenvalue weighted by molar-refractivity contribution is 5.27. The van der Waals surface area contributed by atoms with Gasteiger partial charge < -0.3 is 14.9 Å². The van der Waals surface area contributed by atoms with Crippen molar-refractivity contribution in [2.75, 3.05) is 0 Å². The van der Waals surface area contributed by atoms with Gasteiger partial charge in [0.05, 0.1) is 12.2 Å². The van der Waals surface area contributed by atoms with Crippen LogP contribution in [0.3, 0.4) is 0 Å². The Balaban J connectivity index is 1.93. The van der Waals surface area contributed by atoms with E-state index in [-0.39, 0.29) is 11.8 Å². The summed E-state index contributed by atoms with van der Waals surface area (Å²) in [6, 6.07) is 9.28. The molecule has 1 aromatic carbocycles. The number of phenols is 1. The van der Waals surface area contributed by atoms with Gasteiger partial charge in [-0.1, -0.05) is 17.3 Å². The Hall–Kier alpha value is -1.81. The molecule has 1 atom stereocenters. The number of nitrogens with zero attached hydrogens (tertiary/aromatic N) is 1. The van der Waals surface area contributed by atoms with Crippen LogP contribution in [-0.2, 0) is 6.54 Å². The summed E-state index contributed by atoms with van der Waals surface area (Å²) in [5, 5.41) is 16.4. The molecule has 2 rings (SSSR count). The lowest BCUT2D eigenvalue weighted by Crippen LogP contribution is -2.17. The van der Waals surface area contributed by atoms with Crippen LogP contribution in [0.25, 0.3) is 0 Å². The second-order valence-electron chi connectivity index (χ2n) is 4.13. The maximum atomic E-state index is 9.21. The molecule has 0 radical (unpaired) electrons. The number of nitrogens with one attached hydrogen (secondary N) is 1. The quantitative estimate of drug-likeness (QED) is 0.850. The first kappa shape index (κ1) is 11.7. The molecule has 0 fully saturated rings. The second-order valence-corrected chi connectivity index (χ2v) is 4.13. The maximum Gasteiger partial charge on any atom is 0.150 e. The highest BCUT2D eigenvalue weighted by atomic mass is 16.5. The Morgan fingerprint density at radius 3 is 2.65 bits per heavy atom. The lowest BCUT2D eigenvalue weighted by atomic mass is 10.1. The first-order valence-electron chi connectivity index (χ1n) is 5.59. The van der Waals surface area contributed by atoms with Gasteiger partial charge in [0.1, 0.15) is 5.75 Å². The van der Waals surface area contributed by atoms with Crippen molar-refractivity contribution in [3.63, 3.8) is 0 Å². The van der Waals surface area contributed by atoms with Gasteiger partial charge in [-0.25, -0.2) is 0 Å². The van der Waals surface area contributed by atoms with Gasteiger partial charge in [-0.15, -0.1) is 0 Å². The van der Waals surface area contributed by atoms with Crippen molar-refractivity contribution in [1.29, 1.82) is 0 Å². The summed E-state index contributed by atoms with van der Waals surface area (Å²) in [5.74, 6) is 1.11. The minimum absolute atomic E-state index is 0.195. The van der Waals surface area contributed by atoms with Crippen LogP contribution in [0.1, 0.15) is 30.0 Å². The topological polar surface area (TPSA) is 58.3 Å². The zero-order valence-electron chi connectivity index (χ0n) is 9.97. The molecule has 90 valence electrons. The van der Waals surface area contributed by atoms with Gasteiger partial charge in [0.15, 0.2) is 5.76 Å². The summed E-state index contributed by atoms with van der Waals surface area (Å²) in [6.45, 7) is 4.61. The van der Waals surface area contributed by atoms with Crippen molar-refractivity contribution in [3.05, 3.63) is 47.3 Å². The van der Waals surface area contributed by atoms with Crippen LogP contribution < -0.4 is 5.32 Å². The summed E-state index contributed by atoms with van der Waals surface area (Å²) >= 11 is 0. The van der Waals surface area contributed by atoms with Gasteiger partial charge in [-0.3, -0.25) is 0 Å². The number of aromatic nitrogens is 1. The van der Waals surface area contributed by atoms with E-state index < -0.39 is 0 Å². The Morgan fingerprint density at radius 2 is 2.06 bits per heavy atom. The molecule has 2 aromatic rings. The summed E-state index contributed by atoms with van der Waals surface area (Å²) < 4.78 is 5.12. The normalized spacial score (nSPS) is 12.6. The number of benzene rings is 1. The Morgan fingerprint density at radius 1 is 1.35 bits per heavy atom. The Kier molecular flexibility index (Phi) is 3.44. The molecule has 1 heterocycles.